The Hall–Kier alpha value is -2.49. The molecule has 2 aromatic carbocycles. The minimum atomic E-state index is 0.0757. The third-order valence-electron chi connectivity index (χ3n) is 4.98. The van der Waals surface area contributed by atoms with E-state index in [-0.39, 0.29) is 5.91 Å². The highest BCUT2D eigenvalue weighted by molar-refractivity contribution is 5.95. The highest BCUT2D eigenvalue weighted by atomic mass is 16.5. The molecule has 0 bridgehead atoms. The zero-order valence-electron chi connectivity index (χ0n) is 15.6. The molecule has 1 aliphatic rings. The maximum Gasteiger partial charge on any atom is 0.253 e. The van der Waals surface area contributed by atoms with Gasteiger partial charge < -0.3 is 14.4 Å². The number of benzene rings is 2. The van der Waals surface area contributed by atoms with Crippen molar-refractivity contribution in [1.82, 2.24) is 4.90 Å². The third kappa shape index (κ3) is 4.37. The molecule has 0 unspecified atom stereocenters. The van der Waals surface area contributed by atoms with Crippen molar-refractivity contribution in [3.05, 3.63) is 59.7 Å². The van der Waals surface area contributed by atoms with Crippen LogP contribution in [-0.2, 0) is 6.42 Å². The number of amides is 1. The van der Waals surface area contributed by atoms with E-state index in [1.54, 1.807) is 19.2 Å². The van der Waals surface area contributed by atoms with Crippen molar-refractivity contribution >= 4 is 5.91 Å². The molecule has 1 amide bonds. The number of carbonyl (C=O) groups is 1. The van der Waals surface area contributed by atoms with E-state index in [9.17, 15) is 4.79 Å². The van der Waals surface area contributed by atoms with Crippen LogP contribution in [0.2, 0.25) is 0 Å². The van der Waals surface area contributed by atoms with Gasteiger partial charge in [0.25, 0.3) is 5.91 Å². The van der Waals surface area contributed by atoms with Crippen molar-refractivity contribution < 1.29 is 14.3 Å². The standard InChI is InChI=1S/C22H27NO3/c1-3-26-21-16-19(9-10-20(21)25-2)22(24)23-13-11-18(12-14-23)15-17-7-5-4-6-8-17/h4-10,16,18H,3,11-15H2,1-2H3. The second-order valence-corrected chi connectivity index (χ2v) is 6.72. The summed E-state index contributed by atoms with van der Waals surface area (Å²) in [6, 6.07) is 16.0. The van der Waals surface area contributed by atoms with Gasteiger partial charge in [0, 0.05) is 18.7 Å². The van der Waals surface area contributed by atoms with E-state index in [0.29, 0.717) is 29.6 Å². The summed E-state index contributed by atoms with van der Waals surface area (Å²) in [5, 5.41) is 0. The van der Waals surface area contributed by atoms with Gasteiger partial charge in [-0.15, -0.1) is 0 Å². The minimum Gasteiger partial charge on any atom is -0.493 e. The average Bonchev–Trinajstić information content (AvgIpc) is 2.69. The van der Waals surface area contributed by atoms with E-state index in [4.69, 9.17) is 9.47 Å². The molecule has 3 rings (SSSR count). The van der Waals surface area contributed by atoms with E-state index in [2.05, 4.69) is 30.3 Å². The van der Waals surface area contributed by atoms with Gasteiger partial charge in [0.2, 0.25) is 0 Å². The highest BCUT2D eigenvalue weighted by Crippen LogP contribution is 2.29. The topological polar surface area (TPSA) is 38.8 Å². The molecule has 138 valence electrons. The fourth-order valence-electron chi connectivity index (χ4n) is 3.55. The zero-order chi connectivity index (χ0) is 18.4. The molecule has 0 saturated carbocycles. The second-order valence-electron chi connectivity index (χ2n) is 6.72. The lowest BCUT2D eigenvalue weighted by Crippen LogP contribution is -2.38. The summed E-state index contributed by atoms with van der Waals surface area (Å²) in [4.78, 5) is 14.8. The fraction of sp³-hybridized carbons (Fsp3) is 0.409. The first-order chi connectivity index (χ1) is 12.7. The van der Waals surface area contributed by atoms with Crippen LogP contribution in [0, 0.1) is 5.92 Å². The Kier molecular flexibility index (Phi) is 6.16. The molecule has 1 heterocycles. The number of rotatable bonds is 6. The van der Waals surface area contributed by atoms with Crippen molar-refractivity contribution in [3.8, 4) is 11.5 Å². The van der Waals surface area contributed by atoms with Gasteiger partial charge >= 0.3 is 0 Å². The van der Waals surface area contributed by atoms with Crippen LogP contribution in [-0.4, -0.2) is 37.6 Å². The molecule has 2 aromatic rings. The van der Waals surface area contributed by atoms with Gasteiger partial charge in [0.1, 0.15) is 0 Å². The van der Waals surface area contributed by atoms with Crippen LogP contribution >= 0.6 is 0 Å². The Balaban J connectivity index is 1.60. The van der Waals surface area contributed by atoms with E-state index in [1.165, 1.54) is 5.56 Å². The molecular formula is C22H27NO3. The zero-order valence-corrected chi connectivity index (χ0v) is 15.6. The van der Waals surface area contributed by atoms with Crippen molar-refractivity contribution in [2.75, 3.05) is 26.8 Å². The monoisotopic (exact) mass is 353 g/mol. The van der Waals surface area contributed by atoms with Gasteiger partial charge in [-0.1, -0.05) is 30.3 Å². The Bertz CT molecular complexity index is 721. The number of nitrogens with zero attached hydrogens (tertiary/aromatic N) is 1. The first-order valence-corrected chi connectivity index (χ1v) is 9.35. The number of piperidine rings is 1. The van der Waals surface area contributed by atoms with Gasteiger partial charge in [-0.05, 0) is 55.9 Å². The third-order valence-corrected chi connectivity index (χ3v) is 4.98. The normalized spacial score (nSPS) is 14.9. The fourth-order valence-corrected chi connectivity index (χ4v) is 3.55. The van der Waals surface area contributed by atoms with Gasteiger partial charge in [-0.3, -0.25) is 4.79 Å². The first kappa shape index (κ1) is 18.3. The lowest BCUT2D eigenvalue weighted by Gasteiger charge is -2.32. The van der Waals surface area contributed by atoms with E-state index in [1.807, 2.05) is 17.9 Å². The number of carbonyl (C=O) groups excluding carboxylic acids is 1. The molecule has 0 atom stereocenters. The molecule has 1 saturated heterocycles. The lowest BCUT2D eigenvalue weighted by molar-refractivity contribution is 0.0690. The Labute approximate surface area is 155 Å². The molecule has 4 heteroatoms. The minimum absolute atomic E-state index is 0.0757. The molecule has 1 aliphatic heterocycles. The summed E-state index contributed by atoms with van der Waals surface area (Å²) >= 11 is 0. The van der Waals surface area contributed by atoms with E-state index < -0.39 is 0 Å². The number of likely N-dealkylation sites (tertiary alicyclic amines) is 1. The quantitative estimate of drug-likeness (QED) is 0.782. The van der Waals surface area contributed by atoms with Crippen LogP contribution in [0.4, 0.5) is 0 Å². The van der Waals surface area contributed by atoms with Crippen molar-refractivity contribution in [1.29, 1.82) is 0 Å². The summed E-state index contributed by atoms with van der Waals surface area (Å²) in [5.41, 5.74) is 2.05. The Morgan fingerprint density at radius 2 is 1.81 bits per heavy atom. The molecule has 0 aliphatic carbocycles. The predicted molar refractivity (Wildman–Crippen MR) is 103 cm³/mol. The largest absolute Gasteiger partial charge is 0.493 e. The predicted octanol–water partition coefficient (Wildman–Crippen LogP) is 4.19. The number of ether oxygens (including phenoxy) is 2. The van der Waals surface area contributed by atoms with Crippen LogP contribution < -0.4 is 9.47 Å². The van der Waals surface area contributed by atoms with Crippen LogP contribution in [0.3, 0.4) is 0 Å². The Morgan fingerprint density at radius 1 is 1.08 bits per heavy atom. The molecule has 0 aromatic heterocycles. The molecule has 0 radical (unpaired) electrons. The summed E-state index contributed by atoms with van der Waals surface area (Å²) in [6.07, 6.45) is 3.20. The SMILES string of the molecule is CCOc1cc(C(=O)N2CCC(Cc3ccccc3)CC2)ccc1OC. The second kappa shape index (κ2) is 8.75. The number of hydrogen-bond donors (Lipinski definition) is 0. The van der Waals surface area contributed by atoms with E-state index in [0.717, 1.165) is 32.4 Å². The van der Waals surface area contributed by atoms with Crippen LogP contribution in [0.5, 0.6) is 11.5 Å². The Morgan fingerprint density at radius 3 is 2.46 bits per heavy atom. The maximum atomic E-state index is 12.9. The van der Waals surface area contributed by atoms with Gasteiger partial charge in [0.05, 0.1) is 13.7 Å². The smallest absolute Gasteiger partial charge is 0.253 e. The molecule has 4 nitrogen and oxygen atoms in total. The van der Waals surface area contributed by atoms with Crippen molar-refractivity contribution in [2.24, 2.45) is 5.92 Å². The van der Waals surface area contributed by atoms with Crippen LogP contribution in [0.15, 0.2) is 48.5 Å². The maximum absolute atomic E-state index is 12.9. The number of hydrogen-bond acceptors (Lipinski definition) is 3. The number of methoxy groups -OCH3 is 1. The summed E-state index contributed by atoms with van der Waals surface area (Å²) in [7, 11) is 1.61. The summed E-state index contributed by atoms with van der Waals surface area (Å²) in [5.74, 6) is 2.01. The molecule has 0 spiro atoms. The van der Waals surface area contributed by atoms with Crippen molar-refractivity contribution in [3.63, 3.8) is 0 Å². The van der Waals surface area contributed by atoms with Crippen LogP contribution in [0.25, 0.3) is 0 Å². The molecule has 0 N–H and O–H groups in total. The summed E-state index contributed by atoms with van der Waals surface area (Å²) < 4.78 is 10.9. The average molecular weight is 353 g/mol. The van der Waals surface area contributed by atoms with E-state index >= 15 is 0 Å². The lowest BCUT2D eigenvalue weighted by atomic mass is 9.90. The highest BCUT2D eigenvalue weighted by Gasteiger charge is 2.24. The van der Waals surface area contributed by atoms with Crippen molar-refractivity contribution in [2.45, 2.75) is 26.2 Å². The van der Waals surface area contributed by atoms with Gasteiger partial charge in [-0.2, -0.15) is 0 Å². The first-order valence-electron chi connectivity index (χ1n) is 9.35. The van der Waals surface area contributed by atoms with Gasteiger partial charge in [-0.25, -0.2) is 0 Å². The molecular weight excluding hydrogens is 326 g/mol. The summed E-state index contributed by atoms with van der Waals surface area (Å²) in [6.45, 7) is 4.09. The molecule has 1 fully saturated rings. The molecule has 26 heavy (non-hydrogen) atoms. The van der Waals surface area contributed by atoms with Crippen LogP contribution in [0.1, 0.15) is 35.7 Å². The van der Waals surface area contributed by atoms with Gasteiger partial charge in [0.15, 0.2) is 11.5 Å².